The molecule has 152 valence electrons. The van der Waals surface area contributed by atoms with Crippen molar-refractivity contribution in [2.45, 2.75) is 6.54 Å². The van der Waals surface area contributed by atoms with Crippen molar-refractivity contribution in [2.24, 2.45) is 5.73 Å². The van der Waals surface area contributed by atoms with Crippen LogP contribution < -0.4 is 10.5 Å². The quantitative estimate of drug-likeness (QED) is 0.522. The molecule has 0 bridgehead atoms. The van der Waals surface area contributed by atoms with Crippen LogP contribution >= 0.6 is 0 Å². The van der Waals surface area contributed by atoms with E-state index in [9.17, 15) is 9.18 Å². The molecule has 0 saturated heterocycles. The highest BCUT2D eigenvalue weighted by Crippen LogP contribution is 2.34. The Morgan fingerprint density at radius 2 is 2.03 bits per heavy atom. The summed E-state index contributed by atoms with van der Waals surface area (Å²) < 4.78 is 20.7. The van der Waals surface area contributed by atoms with E-state index >= 15 is 0 Å². The number of rotatable bonds is 6. The summed E-state index contributed by atoms with van der Waals surface area (Å²) in [5, 5.41) is 4.29. The third-order valence-electron chi connectivity index (χ3n) is 4.23. The third-order valence-corrected chi connectivity index (χ3v) is 4.23. The summed E-state index contributed by atoms with van der Waals surface area (Å²) in [5.74, 6) is -0.459. The molecule has 0 aromatic carbocycles. The highest BCUT2D eigenvalue weighted by atomic mass is 19.1. The van der Waals surface area contributed by atoms with Gasteiger partial charge in [-0.1, -0.05) is 0 Å². The summed E-state index contributed by atoms with van der Waals surface area (Å²) in [6, 6.07) is 5.29. The number of pyridine rings is 2. The highest BCUT2D eigenvalue weighted by molar-refractivity contribution is 6.05. The Kier molecular flexibility index (Phi) is 5.07. The Bertz CT molecular complexity index is 1220. The molecule has 0 aliphatic carbocycles. The van der Waals surface area contributed by atoms with Gasteiger partial charge >= 0.3 is 0 Å². The van der Waals surface area contributed by atoms with Gasteiger partial charge in [0.15, 0.2) is 11.5 Å². The zero-order chi connectivity index (χ0) is 21.3. The van der Waals surface area contributed by atoms with Gasteiger partial charge in [0.2, 0.25) is 0 Å². The van der Waals surface area contributed by atoms with Crippen molar-refractivity contribution in [3.63, 3.8) is 0 Å². The van der Waals surface area contributed by atoms with Crippen LogP contribution in [0.15, 0.2) is 49.2 Å². The van der Waals surface area contributed by atoms with Gasteiger partial charge in [0.1, 0.15) is 22.8 Å². The van der Waals surface area contributed by atoms with Gasteiger partial charge in [0, 0.05) is 18.9 Å². The summed E-state index contributed by atoms with van der Waals surface area (Å²) in [7, 11) is 3.92. The number of nitrogens with two attached hydrogens (primary N) is 1. The molecule has 9 nitrogen and oxygen atoms in total. The van der Waals surface area contributed by atoms with Gasteiger partial charge in [-0.05, 0) is 32.3 Å². The number of hydrogen-bond donors (Lipinski definition) is 1. The van der Waals surface area contributed by atoms with Crippen molar-refractivity contribution < 1.29 is 13.9 Å². The summed E-state index contributed by atoms with van der Waals surface area (Å²) in [5.41, 5.74) is 7.25. The van der Waals surface area contributed by atoms with Gasteiger partial charge in [-0.3, -0.25) is 14.8 Å². The van der Waals surface area contributed by atoms with Gasteiger partial charge < -0.3 is 15.4 Å². The number of hydrogen-bond acceptors (Lipinski definition) is 7. The van der Waals surface area contributed by atoms with E-state index in [-0.39, 0.29) is 16.9 Å². The average molecular weight is 407 g/mol. The lowest BCUT2D eigenvalue weighted by atomic mass is 10.1. The number of carbonyl (C=O) groups is 1. The van der Waals surface area contributed by atoms with Crippen LogP contribution in [0.4, 0.5) is 4.39 Å². The van der Waals surface area contributed by atoms with Gasteiger partial charge in [0.05, 0.1) is 29.8 Å². The standard InChI is InChI=1S/C20H18FN7O2/c1-27(2)11-13-3-4-14(8-24-13)30-16-5-6-23-9-15(16)18-17(19(22)29)20-25-7-12(21)10-28(20)26-18/h3-10H,11H2,1-2H3,(H2,22,29). The maximum atomic E-state index is 13.6. The van der Waals surface area contributed by atoms with Crippen LogP contribution in [0.1, 0.15) is 16.1 Å². The van der Waals surface area contributed by atoms with Crippen LogP contribution in [0.5, 0.6) is 11.5 Å². The predicted octanol–water partition coefficient (Wildman–Crippen LogP) is 2.28. The van der Waals surface area contributed by atoms with E-state index in [2.05, 4.69) is 20.1 Å². The number of halogens is 1. The van der Waals surface area contributed by atoms with E-state index in [0.29, 0.717) is 23.6 Å². The molecule has 10 heteroatoms. The topological polar surface area (TPSA) is 112 Å². The number of fused-ring (bicyclic) bond motifs is 1. The zero-order valence-electron chi connectivity index (χ0n) is 16.3. The van der Waals surface area contributed by atoms with Crippen LogP contribution in [-0.2, 0) is 6.54 Å². The van der Waals surface area contributed by atoms with E-state index in [1.807, 2.05) is 25.1 Å². The summed E-state index contributed by atoms with van der Waals surface area (Å²) in [6.45, 7) is 0.702. The molecule has 1 amide bonds. The maximum Gasteiger partial charge on any atom is 0.254 e. The molecule has 4 rings (SSSR count). The molecule has 0 aliphatic rings. The van der Waals surface area contributed by atoms with E-state index in [1.165, 1.54) is 10.7 Å². The minimum absolute atomic E-state index is 0.0484. The lowest BCUT2D eigenvalue weighted by Gasteiger charge is -2.11. The number of primary amides is 1. The van der Waals surface area contributed by atoms with Gasteiger partial charge in [-0.2, -0.15) is 5.10 Å². The van der Waals surface area contributed by atoms with Crippen molar-refractivity contribution in [3.05, 3.63) is 66.3 Å². The molecular formula is C20H18FN7O2. The van der Waals surface area contributed by atoms with Crippen molar-refractivity contribution in [3.8, 4) is 22.8 Å². The fraction of sp³-hybridized carbons (Fsp3) is 0.150. The SMILES string of the molecule is CN(C)Cc1ccc(Oc2ccncc2-c2nn3cc(F)cnc3c2C(N)=O)cn1. The van der Waals surface area contributed by atoms with Crippen LogP contribution in [-0.4, -0.2) is 49.5 Å². The second kappa shape index (κ2) is 7.84. The summed E-state index contributed by atoms with van der Waals surface area (Å²) in [6.07, 6.45) is 6.76. The van der Waals surface area contributed by atoms with Gasteiger partial charge in [0.25, 0.3) is 5.91 Å². The molecule has 2 N–H and O–H groups in total. The molecule has 0 unspecified atom stereocenters. The van der Waals surface area contributed by atoms with Crippen LogP contribution in [0.3, 0.4) is 0 Å². The first kappa shape index (κ1) is 19.4. The van der Waals surface area contributed by atoms with Crippen LogP contribution in [0.2, 0.25) is 0 Å². The first-order valence-electron chi connectivity index (χ1n) is 8.98. The third kappa shape index (κ3) is 3.80. The highest BCUT2D eigenvalue weighted by Gasteiger charge is 2.23. The predicted molar refractivity (Wildman–Crippen MR) is 106 cm³/mol. The molecule has 4 aromatic heterocycles. The minimum atomic E-state index is -0.747. The molecule has 4 heterocycles. The number of amides is 1. The Hall–Kier alpha value is -3.92. The average Bonchev–Trinajstić information content (AvgIpc) is 3.08. The fourth-order valence-electron chi connectivity index (χ4n) is 2.99. The van der Waals surface area contributed by atoms with Crippen LogP contribution in [0.25, 0.3) is 16.9 Å². The molecule has 0 atom stereocenters. The van der Waals surface area contributed by atoms with Gasteiger partial charge in [-0.15, -0.1) is 0 Å². The molecular weight excluding hydrogens is 389 g/mol. The Labute approximate surface area is 171 Å². The second-order valence-corrected chi connectivity index (χ2v) is 6.83. The number of ether oxygens (including phenoxy) is 1. The molecule has 0 spiro atoms. The Morgan fingerprint density at radius 3 is 2.73 bits per heavy atom. The minimum Gasteiger partial charge on any atom is -0.455 e. The van der Waals surface area contributed by atoms with E-state index in [4.69, 9.17) is 10.5 Å². The van der Waals surface area contributed by atoms with Crippen LogP contribution in [0, 0.1) is 5.82 Å². The molecule has 30 heavy (non-hydrogen) atoms. The summed E-state index contributed by atoms with van der Waals surface area (Å²) in [4.78, 5) is 26.5. The smallest absolute Gasteiger partial charge is 0.254 e. The lowest BCUT2D eigenvalue weighted by molar-refractivity contribution is 0.100. The Morgan fingerprint density at radius 1 is 1.20 bits per heavy atom. The van der Waals surface area contributed by atoms with Gasteiger partial charge in [-0.25, -0.2) is 13.9 Å². The number of aromatic nitrogens is 5. The van der Waals surface area contributed by atoms with Crippen molar-refractivity contribution in [1.82, 2.24) is 29.5 Å². The fourth-order valence-corrected chi connectivity index (χ4v) is 2.99. The number of carbonyl (C=O) groups excluding carboxylic acids is 1. The largest absolute Gasteiger partial charge is 0.455 e. The molecule has 0 fully saturated rings. The molecule has 4 aromatic rings. The lowest BCUT2D eigenvalue weighted by Crippen LogP contribution is -2.12. The van der Waals surface area contributed by atoms with E-state index in [1.54, 1.807) is 24.5 Å². The van der Waals surface area contributed by atoms with Crippen molar-refractivity contribution >= 4 is 11.6 Å². The zero-order valence-corrected chi connectivity index (χ0v) is 16.3. The molecule has 0 aliphatic heterocycles. The monoisotopic (exact) mass is 407 g/mol. The normalized spacial score (nSPS) is 11.2. The molecule has 0 saturated carbocycles. The first-order valence-corrected chi connectivity index (χ1v) is 8.98. The van der Waals surface area contributed by atoms with E-state index in [0.717, 1.165) is 18.1 Å². The van der Waals surface area contributed by atoms with Crippen molar-refractivity contribution in [2.75, 3.05) is 14.1 Å². The summed E-state index contributed by atoms with van der Waals surface area (Å²) >= 11 is 0. The Balaban J connectivity index is 1.75. The second-order valence-electron chi connectivity index (χ2n) is 6.83. The molecule has 0 radical (unpaired) electrons. The first-order chi connectivity index (χ1) is 14.4. The van der Waals surface area contributed by atoms with Crippen molar-refractivity contribution in [1.29, 1.82) is 0 Å². The maximum absolute atomic E-state index is 13.6. The number of nitrogens with zero attached hydrogens (tertiary/aromatic N) is 6. The van der Waals surface area contributed by atoms with E-state index < -0.39 is 11.7 Å².